The number of aromatic nitrogens is 4. The predicted octanol–water partition coefficient (Wildman–Crippen LogP) is 4.41. The van der Waals surface area contributed by atoms with Gasteiger partial charge in [-0.3, -0.25) is 0 Å². The van der Waals surface area contributed by atoms with E-state index >= 15 is 0 Å². The SMILES string of the molecule is COc1cc(CNCCSc2nnnn2C)ccc1OCc1ccc(Cl)cc1Cl.Cl. The molecule has 1 aromatic heterocycles. The molecule has 1 N–H and O–H groups in total. The van der Waals surface area contributed by atoms with Gasteiger partial charge in [-0.1, -0.05) is 47.1 Å². The maximum absolute atomic E-state index is 6.20. The summed E-state index contributed by atoms with van der Waals surface area (Å²) >= 11 is 13.7. The molecule has 0 fully saturated rings. The van der Waals surface area contributed by atoms with Crippen molar-refractivity contribution in [2.45, 2.75) is 18.3 Å². The van der Waals surface area contributed by atoms with Crippen LogP contribution in [0.1, 0.15) is 11.1 Å². The first kappa shape index (κ1) is 24.6. The zero-order chi connectivity index (χ0) is 20.6. The van der Waals surface area contributed by atoms with Gasteiger partial charge in [0.15, 0.2) is 11.5 Å². The highest BCUT2D eigenvalue weighted by Gasteiger charge is 2.08. The summed E-state index contributed by atoms with van der Waals surface area (Å²) in [5.74, 6) is 2.20. The Kier molecular flexibility index (Phi) is 10.0. The van der Waals surface area contributed by atoms with Gasteiger partial charge in [-0.15, -0.1) is 17.5 Å². The number of aryl methyl sites for hydroxylation is 1. The number of halogens is 3. The predicted molar refractivity (Wildman–Crippen MR) is 122 cm³/mol. The molecule has 0 bridgehead atoms. The molecule has 0 atom stereocenters. The molecule has 3 rings (SSSR count). The summed E-state index contributed by atoms with van der Waals surface area (Å²) in [4.78, 5) is 0. The third-order valence-electron chi connectivity index (χ3n) is 4.05. The van der Waals surface area contributed by atoms with Crippen molar-refractivity contribution in [3.05, 3.63) is 57.6 Å². The second-order valence-corrected chi connectivity index (χ2v) is 8.03. The molecular formula is C19H22Cl3N5O2S. The molecule has 0 aliphatic rings. The number of ether oxygens (including phenoxy) is 2. The minimum Gasteiger partial charge on any atom is -0.493 e. The van der Waals surface area contributed by atoms with Gasteiger partial charge in [0.05, 0.1) is 7.11 Å². The number of methoxy groups -OCH3 is 1. The number of benzene rings is 2. The molecular weight excluding hydrogens is 469 g/mol. The van der Waals surface area contributed by atoms with Crippen LogP contribution in [-0.4, -0.2) is 39.6 Å². The maximum Gasteiger partial charge on any atom is 0.209 e. The number of tetrazole rings is 1. The second-order valence-electron chi connectivity index (χ2n) is 6.12. The average molecular weight is 491 g/mol. The summed E-state index contributed by atoms with van der Waals surface area (Å²) in [6.07, 6.45) is 0. The zero-order valence-electron chi connectivity index (χ0n) is 16.5. The van der Waals surface area contributed by atoms with Crippen molar-refractivity contribution in [2.24, 2.45) is 7.05 Å². The van der Waals surface area contributed by atoms with Crippen molar-refractivity contribution >= 4 is 47.4 Å². The molecule has 0 spiro atoms. The molecule has 7 nitrogen and oxygen atoms in total. The number of nitrogens with zero attached hydrogens (tertiary/aromatic N) is 4. The first-order valence-corrected chi connectivity index (χ1v) is 10.6. The lowest BCUT2D eigenvalue weighted by Gasteiger charge is -2.13. The van der Waals surface area contributed by atoms with Crippen LogP contribution in [-0.2, 0) is 20.2 Å². The Hall–Kier alpha value is -1.71. The molecule has 0 aliphatic heterocycles. The number of rotatable bonds is 10. The maximum atomic E-state index is 6.20. The van der Waals surface area contributed by atoms with Crippen molar-refractivity contribution in [1.82, 2.24) is 25.5 Å². The summed E-state index contributed by atoms with van der Waals surface area (Å²) in [5, 5.41) is 16.7. The minimum absolute atomic E-state index is 0. The Balaban J connectivity index is 0.00000320. The molecule has 30 heavy (non-hydrogen) atoms. The van der Waals surface area contributed by atoms with Crippen LogP contribution in [0.15, 0.2) is 41.6 Å². The highest BCUT2D eigenvalue weighted by molar-refractivity contribution is 7.99. The molecule has 162 valence electrons. The van der Waals surface area contributed by atoms with Gasteiger partial charge < -0.3 is 14.8 Å². The van der Waals surface area contributed by atoms with Gasteiger partial charge in [-0.2, -0.15) is 0 Å². The van der Waals surface area contributed by atoms with E-state index < -0.39 is 0 Å². The Morgan fingerprint density at radius 3 is 2.67 bits per heavy atom. The fourth-order valence-electron chi connectivity index (χ4n) is 2.53. The van der Waals surface area contributed by atoms with E-state index in [0.29, 0.717) is 28.2 Å². The van der Waals surface area contributed by atoms with Crippen LogP contribution in [0.4, 0.5) is 0 Å². The van der Waals surface area contributed by atoms with Crippen LogP contribution in [0.5, 0.6) is 11.5 Å². The highest BCUT2D eigenvalue weighted by atomic mass is 35.5. The summed E-state index contributed by atoms with van der Waals surface area (Å²) in [6, 6.07) is 11.2. The first-order valence-electron chi connectivity index (χ1n) is 8.86. The van der Waals surface area contributed by atoms with Gasteiger partial charge in [0.1, 0.15) is 6.61 Å². The second kappa shape index (κ2) is 12.2. The van der Waals surface area contributed by atoms with Crippen molar-refractivity contribution in [3.8, 4) is 11.5 Å². The number of hydrogen-bond acceptors (Lipinski definition) is 7. The summed E-state index contributed by atoms with van der Waals surface area (Å²) in [7, 11) is 3.45. The van der Waals surface area contributed by atoms with Gasteiger partial charge in [-0.05, 0) is 40.3 Å². The molecule has 0 saturated carbocycles. The molecule has 0 radical (unpaired) electrons. The molecule has 0 aliphatic carbocycles. The lowest BCUT2D eigenvalue weighted by molar-refractivity contribution is 0.284. The molecule has 3 aromatic rings. The van der Waals surface area contributed by atoms with Crippen molar-refractivity contribution in [1.29, 1.82) is 0 Å². The summed E-state index contributed by atoms with van der Waals surface area (Å²) in [5.41, 5.74) is 1.96. The Bertz CT molecular complexity index is 958. The molecule has 2 aromatic carbocycles. The smallest absolute Gasteiger partial charge is 0.209 e. The minimum atomic E-state index is 0. The van der Waals surface area contributed by atoms with Crippen LogP contribution < -0.4 is 14.8 Å². The zero-order valence-corrected chi connectivity index (χ0v) is 19.6. The third-order valence-corrected chi connectivity index (χ3v) is 5.65. The molecule has 0 saturated heterocycles. The van der Waals surface area contributed by atoms with E-state index in [1.807, 2.05) is 31.3 Å². The Morgan fingerprint density at radius 1 is 1.13 bits per heavy atom. The molecule has 11 heteroatoms. The Labute approximate surface area is 195 Å². The van der Waals surface area contributed by atoms with E-state index in [1.165, 1.54) is 0 Å². The lowest BCUT2D eigenvalue weighted by Crippen LogP contribution is -2.16. The highest BCUT2D eigenvalue weighted by Crippen LogP contribution is 2.30. The van der Waals surface area contributed by atoms with Crippen LogP contribution in [0, 0.1) is 0 Å². The fraction of sp³-hybridized carbons (Fsp3) is 0.316. The molecule has 1 heterocycles. The van der Waals surface area contributed by atoms with E-state index in [-0.39, 0.29) is 12.4 Å². The number of hydrogen-bond donors (Lipinski definition) is 1. The first-order chi connectivity index (χ1) is 14.1. The van der Waals surface area contributed by atoms with Crippen molar-refractivity contribution < 1.29 is 9.47 Å². The van der Waals surface area contributed by atoms with Gasteiger partial charge in [0.25, 0.3) is 0 Å². The standard InChI is InChI=1S/C19H21Cl2N5O2S.ClH/c1-26-19(23-24-25-26)29-8-7-22-11-13-3-6-17(18(9-13)27-2)28-12-14-4-5-15(20)10-16(14)21;/h3-6,9-10,22H,7-8,11-12H2,1-2H3;1H. The summed E-state index contributed by atoms with van der Waals surface area (Å²) < 4.78 is 13.0. The fourth-order valence-corrected chi connectivity index (χ4v) is 3.74. The normalized spacial score (nSPS) is 10.5. The number of nitrogens with one attached hydrogen (secondary N) is 1. The monoisotopic (exact) mass is 489 g/mol. The van der Waals surface area contributed by atoms with E-state index in [1.54, 1.807) is 35.7 Å². The van der Waals surface area contributed by atoms with Gasteiger partial charge in [0.2, 0.25) is 5.16 Å². The lowest BCUT2D eigenvalue weighted by atomic mass is 10.2. The average Bonchev–Trinajstić information content (AvgIpc) is 3.12. The van der Waals surface area contributed by atoms with Gasteiger partial charge in [0, 0.05) is 41.5 Å². The van der Waals surface area contributed by atoms with E-state index in [0.717, 1.165) is 35.1 Å². The van der Waals surface area contributed by atoms with E-state index in [2.05, 4.69) is 20.8 Å². The Morgan fingerprint density at radius 2 is 1.97 bits per heavy atom. The topological polar surface area (TPSA) is 74.1 Å². The quantitative estimate of drug-likeness (QED) is 0.333. The van der Waals surface area contributed by atoms with Crippen LogP contribution in [0.2, 0.25) is 10.0 Å². The van der Waals surface area contributed by atoms with Crippen LogP contribution in [0.25, 0.3) is 0 Å². The third kappa shape index (κ3) is 6.92. The van der Waals surface area contributed by atoms with E-state index in [4.69, 9.17) is 32.7 Å². The van der Waals surface area contributed by atoms with Gasteiger partial charge in [-0.25, -0.2) is 4.68 Å². The van der Waals surface area contributed by atoms with E-state index in [9.17, 15) is 0 Å². The molecule has 0 unspecified atom stereocenters. The van der Waals surface area contributed by atoms with Crippen LogP contribution >= 0.6 is 47.4 Å². The van der Waals surface area contributed by atoms with Crippen molar-refractivity contribution in [3.63, 3.8) is 0 Å². The van der Waals surface area contributed by atoms with Gasteiger partial charge >= 0.3 is 0 Å². The molecule has 0 amide bonds. The largest absolute Gasteiger partial charge is 0.493 e. The van der Waals surface area contributed by atoms with Crippen molar-refractivity contribution in [2.75, 3.05) is 19.4 Å². The van der Waals surface area contributed by atoms with Crippen LogP contribution in [0.3, 0.4) is 0 Å². The number of thioether (sulfide) groups is 1. The summed E-state index contributed by atoms with van der Waals surface area (Å²) in [6.45, 7) is 1.88.